The number of hydrogen-bond donors (Lipinski definition) is 12. The second kappa shape index (κ2) is 26.6. The van der Waals surface area contributed by atoms with Gasteiger partial charge in [0.1, 0.15) is 24.2 Å². The number of carboxylic acid groups (broad SMARTS) is 6. The number of carboxylic acids is 6. The monoisotopic (exact) mass is 558 g/mol. The first-order valence-electron chi connectivity index (χ1n) is 11.2. The molecule has 0 saturated heterocycles. The molecule has 0 aromatic carbocycles. The molecule has 0 aliphatic heterocycles. The van der Waals surface area contributed by atoms with E-state index in [4.69, 9.17) is 65.0 Å². The Labute approximate surface area is 218 Å². The molecule has 0 fully saturated rings. The van der Waals surface area contributed by atoms with Crippen LogP contribution < -0.4 is 34.4 Å². The van der Waals surface area contributed by atoms with E-state index in [2.05, 4.69) is 0 Å². The molecule has 18 heteroatoms. The number of aliphatic carboxylic acids is 6. The Hall–Kier alpha value is -3.42. The maximum Gasteiger partial charge on any atom is 0.321 e. The summed E-state index contributed by atoms with van der Waals surface area (Å²) in [6, 6.07) is -3.81. The van der Waals surface area contributed by atoms with Gasteiger partial charge in [0.05, 0.1) is 6.42 Å². The third-order valence-corrected chi connectivity index (χ3v) is 4.02. The molecule has 0 bridgehead atoms. The summed E-state index contributed by atoms with van der Waals surface area (Å²) in [4.78, 5) is 59.7. The van der Waals surface area contributed by atoms with Crippen LogP contribution in [0.2, 0.25) is 0 Å². The van der Waals surface area contributed by atoms with Crippen LogP contribution in [0.25, 0.3) is 0 Å². The molecule has 38 heavy (non-hydrogen) atoms. The van der Waals surface area contributed by atoms with Gasteiger partial charge in [0.2, 0.25) is 0 Å². The SMILES string of the molecule is NCCCC(N)C(=O)O.NCCCC[C@H](N)C(=O)O.N[C@@H](CC(=O)O)C(=O)O.N[C@@H](CCC(=O)O)C(=O)O. The van der Waals surface area contributed by atoms with Gasteiger partial charge in [-0.15, -0.1) is 0 Å². The summed E-state index contributed by atoms with van der Waals surface area (Å²) in [5, 5.41) is 48.9. The van der Waals surface area contributed by atoms with Crippen molar-refractivity contribution in [1.82, 2.24) is 0 Å². The fraction of sp³-hybridized carbons (Fsp3) is 0.700. The average Bonchev–Trinajstić information content (AvgIpc) is 2.81. The van der Waals surface area contributed by atoms with Gasteiger partial charge in [0.15, 0.2) is 0 Å². The highest BCUT2D eigenvalue weighted by Gasteiger charge is 2.14. The second-order valence-electron chi connectivity index (χ2n) is 7.52. The van der Waals surface area contributed by atoms with E-state index in [0.29, 0.717) is 32.4 Å². The van der Waals surface area contributed by atoms with E-state index in [-0.39, 0.29) is 12.8 Å². The zero-order valence-corrected chi connectivity index (χ0v) is 21.0. The van der Waals surface area contributed by atoms with Gasteiger partial charge in [-0.25, -0.2) is 0 Å². The number of rotatable bonds is 16. The second-order valence-corrected chi connectivity index (χ2v) is 7.52. The van der Waals surface area contributed by atoms with Crippen LogP contribution in [0.1, 0.15) is 51.4 Å². The highest BCUT2D eigenvalue weighted by Crippen LogP contribution is 1.97. The summed E-state index contributed by atoms with van der Waals surface area (Å²) in [7, 11) is 0. The van der Waals surface area contributed by atoms with E-state index in [1.807, 2.05) is 0 Å². The first kappa shape index (κ1) is 41.7. The van der Waals surface area contributed by atoms with Gasteiger partial charge in [-0.1, -0.05) is 6.42 Å². The van der Waals surface area contributed by atoms with Crippen LogP contribution in [0.3, 0.4) is 0 Å². The zero-order chi connectivity index (χ0) is 30.8. The van der Waals surface area contributed by atoms with E-state index < -0.39 is 66.4 Å². The molecule has 0 aromatic rings. The summed E-state index contributed by atoms with van der Waals surface area (Å²) >= 11 is 0. The lowest BCUT2D eigenvalue weighted by Gasteiger charge is -2.03. The zero-order valence-electron chi connectivity index (χ0n) is 21.0. The van der Waals surface area contributed by atoms with Crippen molar-refractivity contribution in [2.24, 2.45) is 34.4 Å². The minimum absolute atomic E-state index is 0.0231. The first-order valence-corrected chi connectivity index (χ1v) is 11.2. The van der Waals surface area contributed by atoms with Crippen LogP contribution >= 0.6 is 0 Å². The molecule has 224 valence electrons. The molecule has 0 spiro atoms. The van der Waals surface area contributed by atoms with Crippen molar-refractivity contribution < 1.29 is 59.4 Å². The van der Waals surface area contributed by atoms with Crippen LogP contribution in [0.15, 0.2) is 0 Å². The fourth-order valence-corrected chi connectivity index (χ4v) is 1.77. The molecule has 0 aliphatic rings. The number of nitrogens with two attached hydrogens (primary N) is 6. The molecule has 0 radical (unpaired) electrons. The summed E-state index contributed by atoms with van der Waals surface area (Å²) in [6.07, 6.45) is 2.55. The van der Waals surface area contributed by atoms with Crippen LogP contribution in [-0.2, 0) is 28.8 Å². The first-order chi connectivity index (χ1) is 17.4. The van der Waals surface area contributed by atoms with Crippen molar-refractivity contribution in [3.05, 3.63) is 0 Å². The van der Waals surface area contributed by atoms with E-state index in [1.165, 1.54) is 0 Å². The Morgan fingerprint density at radius 1 is 0.474 bits per heavy atom. The minimum atomic E-state index is -1.29. The predicted molar refractivity (Wildman–Crippen MR) is 133 cm³/mol. The van der Waals surface area contributed by atoms with E-state index in [9.17, 15) is 28.8 Å². The molecular formula is C20H42N6O12. The van der Waals surface area contributed by atoms with E-state index in [0.717, 1.165) is 12.8 Å². The Morgan fingerprint density at radius 3 is 1.08 bits per heavy atom. The van der Waals surface area contributed by atoms with Crippen LogP contribution in [-0.4, -0.2) is 104 Å². The van der Waals surface area contributed by atoms with Gasteiger partial charge in [-0.05, 0) is 45.2 Å². The molecule has 0 rings (SSSR count). The van der Waals surface area contributed by atoms with Gasteiger partial charge in [0, 0.05) is 6.42 Å². The predicted octanol–water partition coefficient (Wildman–Crippen LogP) is -3.20. The summed E-state index contributed by atoms with van der Waals surface area (Å²) in [5.74, 6) is -6.58. The summed E-state index contributed by atoms with van der Waals surface area (Å²) in [6.45, 7) is 1.10. The van der Waals surface area contributed by atoms with Crippen molar-refractivity contribution >= 4 is 35.8 Å². The standard InChI is InChI=1S/C6H14N2O2.C5H12N2O2.C5H9NO4.C4H7NO4/c7-4-2-1-3-5(8)6(9)10;6-3-1-2-4(7)5(8)9;6-3(5(9)10)1-2-4(7)8;5-2(4(8)9)1-3(6)7/h5H,1-4,7-8H2,(H,9,10);4H,1-3,6-7H2,(H,8,9);3H,1-2,6H2,(H,7,8)(H,9,10);2H,1,5H2,(H,6,7)(H,8,9)/t5-;;3-;2-/m0.00/s1. The summed E-state index contributed by atoms with van der Waals surface area (Å²) in [5.41, 5.74) is 30.5. The molecule has 18 nitrogen and oxygen atoms in total. The molecule has 0 aliphatic carbocycles. The van der Waals surface area contributed by atoms with Gasteiger partial charge < -0.3 is 65.0 Å². The highest BCUT2D eigenvalue weighted by atomic mass is 16.4. The topological polar surface area (TPSA) is 380 Å². The number of hydrogen-bond acceptors (Lipinski definition) is 12. The van der Waals surface area contributed by atoms with Crippen molar-refractivity contribution in [3.8, 4) is 0 Å². The Kier molecular flexibility index (Phi) is 29.2. The normalized spacial score (nSPS) is 12.8. The third-order valence-electron chi connectivity index (χ3n) is 4.02. The van der Waals surface area contributed by atoms with Gasteiger partial charge in [-0.2, -0.15) is 0 Å². The van der Waals surface area contributed by atoms with Crippen LogP contribution in [0, 0.1) is 0 Å². The van der Waals surface area contributed by atoms with Crippen molar-refractivity contribution in [3.63, 3.8) is 0 Å². The molecule has 0 amide bonds. The van der Waals surface area contributed by atoms with Crippen LogP contribution in [0.4, 0.5) is 0 Å². The number of unbranched alkanes of at least 4 members (excludes halogenated alkanes) is 1. The largest absolute Gasteiger partial charge is 0.481 e. The molecular weight excluding hydrogens is 516 g/mol. The lowest BCUT2D eigenvalue weighted by molar-refractivity contribution is -0.144. The highest BCUT2D eigenvalue weighted by molar-refractivity contribution is 5.80. The van der Waals surface area contributed by atoms with E-state index >= 15 is 0 Å². The Bertz CT molecular complexity index is 710. The quantitative estimate of drug-likeness (QED) is 0.0829. The van der Waals surface area contributed by atoms with Crippen molar-refractivity contribution in [2.45, 2.75) is 75.5 Å². The maximum atomic E-state index is 10.1. The Morgan fingerprint density at radius 2 is 0.816 bits per heavy atom. The maximum absolute atomic E-state index is 10.1. The molecule has 1 unspecified atom stereocenters. The smallest absolute Gasteiger partial charge is 0.321 e. The molecule has 4 atom stereocenters. The average molecular weight is 559 g/mol. The van der Waals surface area contributed by atoms with Crippen molar-refractivity contribution in [1.29, 1.82) is 0 Å². The molecule has 0 heterocycles. The summed E-state index contributed by atoms with van der Waals surface area (Å²) < 4.78 is 0. The Balaban J connectivity index is -0.000000203. The van der Waals surface area contributed by atoms with Gasteiger partial charge in [-0.3, -0.25) is 28.8 Å². The number of carbonyl (C=O) groups is 6. The third kappa shape index (κ3) is 34.7. The molecule has 0 aromatic heterocycles. The lowest BCUT2D eigenvalue weighted by Crippen LogP contribution is -2.32. The van der Waals surface area contributed by atoms with Gasteiger partial charge in [0.25, 0.3) is 0 Å². The lowest BCUT2D eigenvalue weighted by atomic mass is 10.1. The van der Waals surface area contributed by atoms with Crippen molar-refractivity contribution in [2.75, 3.05) is 13.1 Å². The van der Waals surface area contributed by atoms with Crippen LogP contribution in [0.5, 0.6) is 0 Å². The minimum Gasteiger partial charge on any atom is -0.481 e. The van der Waals surface area contributed by atoms with E-state index in [1.54, 1.807) is 0 Å². The fourth-order valence-electron chi connectivity index (χ4n) is 1.77. The molecule has 0 saturated carbocycles. The van der Waals surface area contributed by atoms with Gasteiger partial charge >= 0.3 is 35.8 Å². The molecule has 18 N–H and O–H groups in total.